The number of aromatic nitrogens is 5. The second-order valence-corrected chi connectivity index (χ2v) is 4.25. The Morgan fingerprint density at radius 2 is 2.21 bits per heavy atom. The van der Waals surface area contributed by atoms with Gasteiger partial charge in [-0.2, -0.15) is 5.10 Å². The standard InChI is InChI=1S/C13H14N6/c1-10(12-4-5-16-18-12)17-11-2-3-13(15-8-11)19-7-6-14-9-19/h2-10,17H,1H3,(H,16,18). The number of H-pyrrole nitrogens is 1. The number of aromatic amines is 1. The summed E-state index contributed by atoms with van der Waals surface area (Å²) in [5, 5.41) is 10.2. The summed E-state index contributed by atoms with van der Waals surface area (Å²) in [6, 6.07) is 6.05. The van der Waals surface area contributed by atoms with E-state index in [1.165, 1.54) is 0 Å². The predicted molar refractivity (Wildman–Crippen MR) is 72.0 cm³/mol. The van der Waals surface area contributed by atoms with Crippen molar-refractivity contribution in [2.24, 2.45) is 0 Å². The largest absolute Gasteiger partial charge is 0.376 e. The molecule has 3 aromatic heterocycles. The zero-order chi connectivity index (χ0) is 13.1. The van der Waals surface area contributed by atoms with Gasteiger partial charge in [-0.15, -0.1) is 0 Å². The molecule has 19 heavy (non-hydrogen) atoms. The van der Waals surface area contributed by atoms with Gasteiger partial charge in [0, 0.05) is 18.6 Å². The number of nitrogens with zero attached hydrogens (tertiary/aromatic N) is 4. The molecule has 0 aromatic carbocycles. The Balaban J connectivity index is 1.73. The molecular formula is C13H14N6. The molecule has 1 unspecified atom stereocenters. The molecule has 3 aromatic rings. The van der Waals surface area contributed by atoms with E-state index in [1.54, 1.807) is 18.7 Å². The normalized spacial score (nSPS) is 12.3. The Kier molecular flexibility index (Phi) is 2.97. The van der Waals surface area contributed by atoms with Crippen molar-refractivity contribution >= 4 is 5.69 Å². The fraction of sp³-hybridized carbons (Fsp3) is 0.154. The fourth-order valence-electron chi connectivity index (χ4n) is 1.85. The first-order valence-electron chi connectivity index (χ1n) is 6.03. The SMILES string of the molecule is CC(Nc1ccc(-n2ccnc2)nc1)c1ccn[nH]1. The highest BCUT2D eigenvalue weighted by molar-refractivity contribution is 5.45. The van der Waals surface area contributed by atoms with Gasteiger partial charge in [-0.1, -0.05) is 0 Å². The topological polar surface area (TPSA) is 71.4 Å². The molecule has 0 spiro atoms. The van der Waals surface area contributed by atoms with Crippen LogP contribution in [0.2, 0.25) is 0 Å². The lowest BCUT2D eigenvalue weighted by Gasteiger charge is -2.13. The molecule has 0 radical (unpaired) electrons. The highest BCUT2D eigenvalue weighted by atomic mass is 15.1. The monoisotopic (exact) mass is 254 g/mol. The predicted octanol–water partition coefficient (Wildman–Crippen LogP) is 2.16. The molecule has 0 aliphatic rings. The summed E-state index contributed by atoms with van der Waals surface area (Å²) in [5.74, 6) is 0.845. The first kappa shape index (κ1) is 11.5. The number of hydrogen-bond donors (Lipinski definition) is 2. The van der Waals surface area contributed by atoms with E-state index in [2.05, 4.69) is 32.4 Å². The van der Waals surface area contributed by atoms with Crippen molar-refractivity contribution in [2.75, 3.05) is 5.32 Å². The molecule has 96 valence electrons. The lowest BCUT2D eigenvalue weighted by molar-refractivity contribution is 0.824. The van der Waals surface area contributed by atoms with Crippen LogP contribution in [0.15, 0.2) is 49.3 Å². The maximum atomic E-state index is 4.39. The third kappa shape index (κ3) is 2.47. The summed E-state index contributed by atoms with van der Waals surface area (Å²) < 4.78 is 1.86. The van der Waals surface area contributed by atoms with Crippen molar-refractivity contribution in [2.45, 2.75) is 13.0 Å². The highest BCUT2D eigenvalue weighted by Crippen LogP contribution is 2.17. The van der Waals surface area contributed by atoms with Gasteiger partial charge in [0.05, 0.1) is 23.6 Å². The van der Waals surface area contributed by atoms with Gasteiger partial charge in [0.25, 0.3) is 0 Å². The molecule has 0 bridgehead atoms. The van der Waals surface area contributed by atoms with Crippen LogP contribution >= 0.6 is 0 Å². The molecule has 0 fully saturated rings. The third-order valence-corrected chi connectivity index (χ3v) is 2.89. The zero-order valence-corrected chi connectivity index (χ0v) is 10.5. The van der Waals surface area contributed by atoms with Gasteiger partial charge in [0.2, 0.25) is 0 Å². The van der Waals surface area contributed by atoms with Crippen LogP contribution in [0.1, 0.15) is 18.7 Å². The maximum Gasteiger partial charge on any atom is 0.137 e. The molecule has 0 saturated heterocycles. The van der Waals surface area contributed by atoms with Gasteiger partial charge < -0.3 is 5.32 Å². The summed E-state index contributed by atoms with van der Waals surface area (Å²) in [6.45, 7) is 2.07. The van der Waals surface area contributed by atoms with Crippen molar-refractivity contribution in [3.8, 4) is 5.82 Å². The number of hydrogen-bond acceptors (Lipinski definition) is 4. The van der Waals surface area contributed by atoms with Gasteiger partial charge >= 0.3 is 0 Å². The Morgan fingerprint density at radius 3 is 2.84 bits per heavy atom. The average Bonchev–Trinajstić information content (AvgIpc) is 3.13. The van der Waals surface area contributed by atoms with E-state index < -0.39 is 0 Å². The molecule has 0 aliphatic carbocycles. The molecule has 0 saturated carbocycles. The maximum absolute atomic E-state index is 4.39. The van der Waals surface area contributed by atoms with Crippen molar-refractivity contribution in [1.29, 1.82) is 0 Å². The minimum atomic E-state index is 0.156. The molecule has 0 aliphatic heterocycles. The smallest absolute Gasteiger partial charge is 0.137 e. The summed E-state index contributed by atoms with van der Waals surface area (Å²) in [6.07, 6.45) is 8.87. The Labute approximate surface area is 110 Å². The number of imidazole rings is 1. The van der Waals surface area contributed by atoms with Crippen molar-refractivity contribution in [1.82, 2.24) is 24.7 Å². The van der Waals surface area contributed by atoms with E-state index >= 15 is 0 Å². The van der Waals surface area contributed by atoms with Crippen LogP contribution in [-0.2, 0) is 0 Å². The van der Waals surface area contributed by atoms with Gasteiger partial charge in [0.1, 0.15) is 12.1 Å². The van der Waals surface area contributed by atoms with Crippen LogP contribution in [0.5, 0.6) is 0 Å². The van der Waals surface area contributed by atoms with E-state index in [-0.39, 0.29) is 6.04 Å². The first-order valence-corrected chi connectivity index (χ1v) is 6.03. The quantitative estimate of drug-likeness (QED) is 0.748. The summed E-state index contributed by atoms with van der Waals surface area (Å²) >= 11 is 0. The molecule has 0 amide bonds. The number of nitrogens with one attached hydrogen (secondary N) is 2. The van der Waals surface area contributed by atoms with Crippen molar-refractivity contribution in [3.05, 3.63) is 55.0 Å². The van der Waals surface area contributed by atoms with E-state index in [0.29, 0.717) is 0 Å². The van der Waals surface area contributed by atoms with Gasteiger partial charge in [-0.25, -0.2) is 9.97 Å². The fourth-order valence-corrected chi connectivity index (χ4v) is 1.85. The Morgan fingerprint density at radius 1 is 1.26 bits per heavy atom. The molecule has 3 rings (SSSR count). The summed E-state index contributed by atoms with van der Waals surface area (Å²) in [4.78, 5) is 8.39. The minimum absolute atomic E-state index is 0.156. The van der Waals surface area contributed by atoms with Crippen LogP contribution in [0.3, 0.4) is 0 Å². The second-order valence-electron chi connectivity index (χ2n) is 4.25. The number of pyridine rings is 1. The van der Waals surface area contributed by atoms with Crippen molar-refractivity contribution < 1.29 is 0 Å². The van der Waals surface area contributed by atoms with Crippen LogP contribution < -0.4 is 5.32 Å². The molecule has 1 atom stereocenters. The summed E-state index contributed by atoms with van der Waals surface area (Å²) in [7, 11) is 0. The van der Waals surface area contributed by atoms with Gasteiger partial charge in [-0.05, 0) is 25.1 Å². The molecule has 2 N–H and O–H groups in total. The number of anilines is 1. The van der Waals surface area contributed by atoms with E-state index in [0.717, 1.165) is 17.2 Å². The molecule has 6 heteroatoms. The molecular weight excluding hydrogens is 240 g/mol. The van der Waals surface area contributed by atoms with Crippen LogP contribution in [0, 0.1) is 0 Å². The van der Waals surface area contributed by atoms with E-state index in [1.807, 2.05) is 35.2 Å². The van der Waals surface area contributed by atoms with Crippen LogP contribution in [0.4, 0.5) is 5.69 Å². The Bertz CT molecular complexity index is 612. The Hall–Kier alpha value is -2.63. The summed E-state index contributed by atoms with van der Waals surface area (Å²) in [5.41, 5.74) is 2.00. The minimum Gasteiger partial charge on any atom is -0.376 e. The molecule has 3 heterocycles. The van der Waals surface area contributed by atoms with E-state index in [9.17, 15) is 0 Å². The van der Waals surface area contributed by atoms with Gasteiger partial charge in [0.15, 0.2) is 0 Å². The van der Waals surface area contributed by atoms with Crippen molar-refractivity contribution in [3.63, 3.8) is 0 Å². The number of rotatable bonds is 4. The lowest BCUT2D eigenvalue weighted by atomic mass is 10.2. The first-order chi connectivity index (χ1) is 9.33. The third-order valence-electron chi connectivity index (χ3n) is 2.89. The molecule has 6 nitrogen and oxygen atoms in total. The van der Waals surface area contributed by atoms with E-state index in [4.69, 9.17) is 0 Å². The highest BCUT2D eigenvalue weighted by Gasteiger charge is 2.06. The van der Waals surface area contributed by atoms with Gasteiger partial charge in [-0.3, -0.25) is 9.67 Å². The zero-order valence-electron chi connectivity index (χ0n) is 10.5. The van der Waals surface area contributed by atoms with Crippen LogP contribution in [-0.4, -0.2) is 24.7 Å². The lowest BCUT2D eigenvalue weighted by Crippen LogP contribution is -2.07. The average molecular weight is 254 g/mol. The van der Waals surface area contributed by atoms with Crippen LogP contribution in [0.25, 0.3) is 5.82 Å². The second kappa shape index (κ2) is 4.93.